The predicted molar refractivity (Wildman–Crippen MR) is 25.1 cm³/mol. The Kier molecular flexibility index (Phi) is 3.28. The first-order valence-corrected chi connectivity index (χ1v) is 3.07. The van der Waals surface area contributed by atoms with Crippen LogP contribution < -0.4 is 0 Å². The molecule has 1 unspecified atom stereocenters. The molecular weight excluding hydrogens is 134 g/mol. The minimum atomic E-state index is -3.25. The Balaban J connectivity index is 3.40. The molecule has 0 fully saturated rings. The number of hydrogen-bond acceptors (Lipinski definition) is 3. The number of hydrogen-bond donors (Lipinski definition) is 0. The third kappa shape index (κ3) is 3.68. The van der Waals surface area contributed by atoms with Crippen molar-refractivity contribution in [2.24, 2.45) is 0 Å². The van der Waals surface area contributed by atoms with Gasteiger partial charge in [0.25, 0.3) is 0 Å². The Morgan fingerprint density at radius 2 is 2.38 bits per heavy atom. The molecule has 0 aliphatic heterocycles. The molecule has 0 spiro atoms. The van der Waals surface area contributed by atoms with Crippen LogP contribution >= 0.6 is 8.34 Å². The summed E-state index contributed by atoms with van der Waals surface area (Å²) >= 11 is 0. The van der Waals surface area contributed by atoms with Crippen molar-refractivity contribution in [1.29, 1.82) is 0 Å². The zero-order chi connectivity index (χ0) is 6.57. The van der Waals surface area contributed by atoms with Gasteiger partial charge >= 0.3 is 14.3 Å². The van der Waals surface area contributed by atoms with Crippen LogP contribution in [-0.4, -0.2) is 5.97 Å². The minimum absolute atomic E-state index is 0.0466. The summed E-state index contributed by atoms with van der Waals surface area (Å²) in [5, 5.41) is 0. The lowest BCUT2D eigenvalue weighted by atomic mass is 10.5. The SMILES string of the molecule is CCC(=O)O[P+](=O)F. The molecule has 46 valence electrons. The summed E-state index contributed by atoms with van der Waals surface area (Å²) in [6, 6.07) is 0. The number of carbonyl (C=O) groups excluding carboxylic acids is 1. The number of rotatable bonds is 2. The van der Waals surface area contributed by atoms with Crippen LogP contribution in [-0.2, 0) is 13.9 Å². The molecule has 0 saturated heterocycles. The van der Waals surface area contributed by atoms with E-state index in [9.17, 15) is 13.6 Å². The third-order valence-corrected chi connectivity index (χ3v) is 0.809. The molecule has 5 heteroatoms. The van der Waals surface area contributed by atoms with Gasteiger partial charge in [0.1, 0.15) is 0 Å². The Bertz CT molecular complexity index is 113. The van der Waals surface area contributed by atoms with Crippen molar-refractivity contribution in [2.75, 3.05) is 0 Å². The first-order chi connectivity index (χ1) is 3.66. The molecule has 0 amide bonds. The number of carbonyl (C=O) groups is 1. The fraction of sp³-hybridized carbons (Fsp3) is 0.667. The maximum absolute atomic E-state index is 11.2. The summed E-state index contributed by atoms with van der Waals surface area (Å²) in [5.74, 6) is -0.784. The van der Waals surface area contributed by atoms with Crippen LogP contribution in [0.1, 0.15) is 13.3 Å². The van der Waals surface area contributed by atoms with Crippen LogP contribution in [0.2, 0.25) is 0 Å². The Hall–Kier alpha value is -0.500. The van der Waals surface area contributed by atoms with Gasteiger partial charge in [-0.1, -0.05) is 6.92 Å². The lowest BCUT2D eigenvalue weighted by molar-refractivity contribution is -0.133. The minimum Gasteiger partial charge on any atom is -0.247 e. The third-order valence-electron chi connectivity index (χ3n) is 0.462. The lowest BCUT2D eigenvalue weighted by Gasteiger charge is -1.77. The van der Waals surface area contributed by atoms with E-state index >= 15 is 0 Å². The van der Waals surface area contributed by atoms with Crippen LogP contribution in [0.25, 0.3) is 0 Å². The average Bonchev–Trinajstić information content (AvgIpc) is 1.65. The summed E-state index contributed by atoms with van der Waals surface area (Å²) in [6.45, 7) is 1.49. The molecular formula is C3H5FO3P+. The van der Waals surface area contributed by atoms with Crippen molar-refractivity contribution >= 4 is 14.3 Å². The van der Waals surface area contributed by atoms with Gasteiger partial charge in [0.05, 0.1) is 4.20 Å². The highest BCUT2D eigenvalue weighted by atomic mass is 31.2. The van der Waals surface area contributed by atoms with E-state index in [1.165, 1.54) is 6.92 Å². The fourth-order valence-electron chi connectivity index (χ4n) is 0.145. The molecule has 3 nitrogen and oxygen atoms in total. The van der Waals surface area contributed by atoms with E-state index in [4.69, 9.17) is 0 Å². The van der Waals surface area contributed by atoms with Gasteiger partial charge in [-0.3, -0.25) is 0 Å². The van der Waals surface area contributed by atoms with E-state index in [0.717, 1.165) is 0 Å². The van der Waals surface area contributed by atoms with E-state index in [1.807, 2.05) is 0 Å². The standard InChI is InChI=1S/C3H5FO3P/c1-2-3(5)7-8(4)6/h2H2,1H3/q+1. The van der Waals surface area contributed by atoms with Crippen molar-refractivity contribution in [1.82, 2.24) is 0 Å². The molecule has 0 aromatic heterocycles. The predicted octanol–water partition coefficient (Wildman–Crippen LogP) is 1.57. The van der Waals surface area contributed by atoms with Gasteiger partial charge in [-0.25, -0.2) is 4.79 Å². The van der Waals surface area contributed by atoms with Gasteiger partial charge in [0.15, 0.2) is 0 Å². The maximum Gasteiger partial charge on any atom is 0.803 e. The second kappa shape index (κ2) is 3.50. The highest BCUT2D eigenvalue weighted by Crippen LogP contribution is 2.22. The van der Waals surface area contributed by atoms with E-state index in [1.54, 1.807) is 0 Å². The zero-order valence-electron chi connectivity index (χ0n) is 4.26. The molecule has 0 aromatic rings. The second-order valence-corrected chi connectivity index (χ2v) is 1.64. The van der Waals surface area contributed by atoms with Crippen LogP contribution in [0.15, 0.2) is 0 Å². The average molecular weight is 139 g/mol. The van der Waals surface area contributed by atoms with Crippen LogP contribution in [0.5, 0.6) is 0 Å². The van der Waals surface area contributed by atoms with Gasteiger partial charge in [0.2, 0.25) is 0 Å². The molecule has 8 heavy (non-hydrogen) atoms. The van der Waals surface area contributed by atoms with E-state index < -0.39 is 14.3 Å². The maximum atomic E-state index is 11.2. The topological polar surface area (TPSA) is 43.4 Å². The van der Waals surface area contributed by atoms with Gasteiger partial charge in [0, 0.05) is 11.0 Å². The summed E-state index contributed by atoms with van der Waals surface area (Å²) in [6.07, 6.45) is 0.0466. The van der Waals surface area contributed by atoms with Crippen molar-refractivity contribution in [3.05, 3.63) is 0 Å². The van der Waals surface area contributed by atoms with E-state index in [-0.39, 0.29) is 6.42 Å². The van der Waals surface area contributed by atoms with Crippen LogP contribution in [0.4, 0.5) is 4.20 Å². The molecule has 0 radical (unpaired) electrons. The van der Waals surface area contributed by atoms with Crippen molar-refractivity contribution in [3.8, 4) is 0 Å². The van der Waals surface area contributed by atoms with Gasteiger partial charge < -0.3 is 0 Å². The van der Waals surface area contributed by atoms with Crippen molar-refractivity contribution in [2.45, 2.75) is 13.3 Å². The first kappa shape index (κ1) is 7.50. The first-order valence-electron chi connectivity index (χ1n) is 2.00. The lowest BCUT2D eigenvalue weighted by Crippen LogP contribution is -1.92. The summed E-state index contributed by atoms with van der Waals surface area (Å²) in [7, 11) is -3.25. The van der Waals surface area contributed by atoms with Crippen molar-refractivity contribution < 1.29 is 18.1 Å². The highest BCUT2D eigenvalue weighted by molar-refractivity contribution is 7.33. The molecule has 0 N–H and O–H groups in total. The molecule has 0 saturated carbocycles. The Morgan fingerprint density at radius 3 is 2.50 bits per heavy atom. The summed E-state index contributed by atoms with van der Waals surface area (Å²) in [4.78, 5) is 9.98. The van der Waals surface area contributed by atoms with Crippen LogP contribution in [0.3, 0.4) is 0 Å². The molecule has 0 bridgehead atoms. The monoisotopic (exact) mass is 139 g/mol. The number of halogens is 1. The molecule has 0 heterocycles. The summed E-state index contributed by atoms with van der Waals surface area (Å²) < 4.78 is 24.3. The van der Waals surface area contributed by atoms with Crippen LogP contribution in [0, 0.1) is 0 Å². The second-order valence-electron chi connectivity index (χ2n) is 1.03. The summed E-state index contributed by atoms with van der Waals surface area (Å²) in [5.41, 5.74) is 0. The molecule has 0 aromatic carbocycles. The molecule has 0 aliphatic rings. The normalized spacial score (nSPS) is 10.5. The Morgan fingerprint density at radius 1 is 1.88 bits per heavy atom. The van der Waals surface area contributed by atoms with E-state index in [0.29, 0.717) is 0 Å². The zero-order valence-corrected chi connectivity index (χ0v) is 5.15. The van der Waals surface area contributed by atoms with Gasteiger partial charge in [-0.05, 0) is 0 Å². The molecule has 0 aliphatic carbocycles. The van der Waals surface area contributed by atoms with Gasteiger partial charge in [-0.2, -0.15) is 4.52 Å². The van der Waals surface area contributed by atoms with E-state index in [2.05, 4.69) is 4.52 Å². The smallest absolute Gasteiger partial charge is 0.247 e. The fourth-order valence-corrected chi connectivity index (χ4v) is 0.434. The highest BCUT2D eigenvalue weighted by Gasteiger charge is 2.21. The van der Waals surface area contributed by atoms with Crippen molar-refractivity contribution in [3.63, 3.8) is 0 Å². The Labute approximate surface area is 46.8 Å². The quantitative estimate of drug-likeness (QED) is 0.545. The largest absolute Gasteiger partial charge is 0.803 e. The molecule has 0 rings (SSSR count). The van der Waals surface area contributed by atoms with Gasteiger partial charge in [-0.15, -0.1) is 0 Å². The molecule has 1 atom stereocenters.